The van der Waals surface area contributed by atoms with Crippen LogP contribution in [0.3, 0.4) is 0 Å². The van der Waals surface area contributed by atoms with E-state index >= 15 is 0 Å². The maximum atomic E-state index is 12.8. The van der Waals surface area contributed by atoms with Crippen molar-refractivity contribution in [3.05, 3.63) is 29.3 Å². The molecule has 10 heteroatoms. The van der Waals surface area contributed by atoms with Gasteiger partial charge in [0.2, 0.25) is 0 Å². The smallest absolute Gasteiger partial charge is 0.358 e. The quantitative estimate of drug-likeness (QED) is 0.525. The van der Waals surface area contributed by atoms with Crippen LogP contribution in [0.15, 0.2) is 18.2 Å². The number of nitrogens with one attached hydrogen (secondary N) is 2. The first-order valence-corrected chi connectivity index (χ1v) is 8.00. The third-order valence-electron chi connectivity index (χ3n) is 3.98. The molecule has 2 unspecified atom stereocenters. The van der Waals surface area contributed by atoms with E-state index in [1.807, 2.05) is 0 Å². The third kappa shape index (κ3) is 5.46. The van der Waals surface area contributed by atoms with E-state index in [2.05, 4.69) is 10.6 Å². The monoisotopic (exact) mass is 385 g/mol. The van der Waals surface area contributed by atoms with E-state index < -0.39 is 23.5 Å². The molecule has 0 bridgehead atoms. The van der Waals surface area contributed by atoms with Crippen molar-refractivity contribution in [1.82, 2.24) is 5.32 Å². The van der Waals surface area contributed by atoms with Gasteiger partial charge in [0.25, 0.3) is 0 Å². The highest BCUT2D eigenvalue weighted by Crippen LogP contribution is 2.37. The molecule has 1 fully saturated rings. The molecule has 140 valence electrons. The van der Waals surface area contributed by atoms with Crippen molar-refractivity contribution in [2.24, 2.45) is 5.73 Å². The van der Waals surface area contributed by atoms with E-state index in [-0.39, 0.29) is 28.9 Å². The summed E-state index contributed by atoms with van der Waals surface area (Å²) in [5.74, 6) is 0. The van der Waals surface area contributed by atoms with Gasteiger partial charge < -0.3 is 16.4 Å². The number of alkyl halides is 6. The lowest BCUT2D eigenvalue weighted by Crippen LogP contribution is -2.50. The molecule has 0 amide bonds. The summed E-state index contributed by atoms with van der Waals surface area (Å²) in [6.07, 6.45) is -6.39. The molecule has 25 heavy (non-hydrogen) atoms. The third-order valence-corrected chi connectivity index (χ3v) is 4.20. The topological polar surface area (TPSA) is 50.1 Å². The Hall–Kier alpha value is -1.55. The van der Waals surface area contributed by atoms with E-state index in [1.165, 1.54) is 0 Å². The van der Waals surface area contributed by atoms with Gasteiger partial charge in [0.15, 0.2) is 5.11 Å². The minimum atomic E-state index is -4.90. The lowest BCUT2D eigenvalue weighted by Gasteiger charge is -2.30. The summed E-state index contributed by atoms with van der Waals surface area (Å²) in [4.78, 5) is 0. The summed E-state index contributed by atoms with van der Waals surface area (Å²) in [6.45, 7) is 0. The number of rotatable bonds is 2. The summed E-state index contributed by atoms with van der Waals surface area (Å²) in [7, 11) is 0. The fourth-order valence-corrected chi connectivity index (χ4v) is 2.97. The predicted octanol–water partition coefficient (Wildman–Crippen LogP) is 4.28. The SMILES string of the molecule is NC1CCCCC1NC(=S)Nc1cc(C(F)(F)F)cc(C(F)(F)F)c1. The van der Waals surface area contributed by atoms with Gasteiger partial charge in [-0.15, -0.1) is 0 Å². The molecule has 0 spiro atoms. The van der Waals surface area contributed by atoms with Gasteiger partial charge in [-0.1, -0.05) is 12.8 Å². The zero-order valence-corrected chi connectivity index (χ0v) is 13.8. The fraction of sp³-hybridized carbons (Fsp3) is 0.533. The highest BCUT2D eigenvalue weighted by atomic mass is 32.1. The molecular formula is C15H17F6N3S. The Kier molecular flexibility index (Phi) is 5.82. The Labute approximate surface area is 146 Å². The van der Waals surface area contributed by atoms with Crippen LogP contribution in [-0.2, 0) is 12.4 Å². The van der Waals surface area contributed by atoms with Crippen LogP contribution in [0.25, 0.3) is 0 Å². The van der Waals surface area contributed by atoms with Crippen LogP contribution < -0.4 is 16.4 Å². The normalized spacial score (nSPS) is 21.7. The first kappa shape index (κ1) is 19.8. The summed E-state index contributed by atoms with van der Waals surface area (Å²) in [5, 5.41) is 5.21. The Balaban J connectivity index is 2.18. The Morgan fingerprint density at radius 1 is 0.960 bits per heavy atom. The van der Waals surface area contributed by atoms with Gasteiger partial charge in [-0.05, 0) is 43.3 Å². The lowest BCUT2D eigenvalue weighted by atomic mass is 9.91. The highest BCUT2D eigenvalue weighted by Gasteiger charge is 2.37. The standard InChI is InChI=1S/C15H17F6N3S/c16-14(17,18)8-5-9(15(19,20)21)7-10(6-8)23-13(25)24-12-4-2-1-3-11(12)22/h5-7,11-12H,1-4,22H2,(H2,23,24,25). The Morgan fingerprint density at radius 3 is 1.96 bits per heavy atom. The van der Waals surface area contributed by atoms with Gasteiger partial charge in [-0.3, -0.25) is 0 Å². The Bertz CT molecular complexity index is 596. The summed E-state index contributed by atoms with van der Waals surface area (Å²) in [5.41, 5.74) is 2.75. The van der Waals surface area contributed by atoms with E-state index in [9.17, 15) is 26.3 Å². The first-order valence-electron chi connectivity index (χ1n) is 7.59. The molecular weight excluding hydrogens is 368 g/mol. The molecule has 4 N–H and O–H groups in total. The zero-order valence-electron chi connectivity index (χ0n) is 13.0. The molecule has 0 aromatic heterocycles. The first-order chi connectivity index (χ1) is 11.5. The average Bonchev–Trinajstić information content (AvgIpc) is 2.47. The molecule has 0 saturated heterocycles. The summed E-state index contributed by atoms with van der Waals surface area (Å²) >= 11 is 5.00. The van der Waals surface area contributed by atoms with Crippen molar-refractivity contribution >= 4 is 23.0 Å². The molecule has 1 aromatic rings. The minimum absolute atomic E-state index is 0.0604. The maximum Gasteiger partial charge on any atom is 0.416 e. The van der Waals surface area contributed by atoms with Gasteiger partial charge in [0.05, 0.1) is 11.1 Å². The molecule has 2 rings (SSSR count). The molecule has 1 aliphatic rings. The summed E-state index contributed by atoms with van der Waals surface area (Å²) in [6, 6.07) is 0.912. The maximum absolute atomic E-state index is 12.8. The van der Waals surface area contributed by atoms with Crippen molar-refractivity contribution in [2.75, 3.05) is 5.32 Å². The van der Waals surface area contributed by atoms with Crippen molar-refractivity contribution in [1.29, 1.82) is 0 Å². The van der Waals surface area contributed by atoms with E-state index in [4.69, 9.17) is 18.0 Å². The fourth-order valence-electron chi connectivity index (χ4n) is 2.70. The van der Waals surface area contributed by atoms with Crippen molar-refractivity contribution in [2.45, 2.75) is 50.1 Å². The van der Waals surface area contributed by atoms with Crippen LogP contribution in [0.2, 0.25) is 0 Å². The number of hydrogen-bond donors (Lipinski definition) is 3. The van der Waals surface area contributed by atoms with Crippen LogP contribution in [-0.4, -0.2) is 17.2 Å². The van der Waals surface area contributed by atoms with Crippen molar-refractivity contribution in [3.8, 4) is 0 Å². The number of benzene rings is 1. The van der Waals surface area contributed by atoms with Gasteiger partial charge in [-0.25, -0.2) is 0 Å². The second-order valence-electron chi connectivity index (χ2n) is 5.95. The molecule has 0 radical (unpaired) electrons. The van der Waals surface area contributed by atoms with Crippen LogP contribution in [0.5, 0.6) is 0 Å². The largest absolute Gasteiger partial charge is 0.416 e. The van der Waals surface area contributed by atoms with Crippen LogP contribution >= 0.6 is 12.2 Å². The number of thiocarbonyl (C=S) groups is 1. The van der Waals surface area contributed by atoms with Gasteiger partial charge in [-0.2, -0.15) is 26.3 Å². The number of hydrogen-bond acceptors (Lipinski definition) is 2. The van der Waals surface area contributed by atoms with Crippen LogP contribution in [0.4, 0.5) is 32.0 Å². The van der Waals surface area contributed by atoms with E-state index in [1.54, 1.807) is 0 Å². The number of halogens is 6. The molecule has 1 saturated carbocycles. The molecule has 1 aromatic carbocycles. The second-order valence-corrected chi connectivity index (χ2v) is 6.36. The lowest BCUT2D eigenvalue weighted by molar-refractivity contribution is -0.143. The van der Waals surface area contributed by atoms with E-state index in [0.29, 0.717) is 12.1 Å². The van der Waals surface area contributed by atoms with Crippen molar-refractivity contribution < 1.29 is 26.3 Å². The molecule has 3 nitrogen and oxygen atoms in total. The molecule has 0 heterocycles. The van der Waals surface area contributed by atoms with Gasteiger partial charge in [0, 0.05) is 17.8 Å². The minimum Gasteiger partial charge on any atom is -0.358 e. The number of anilines is 1. The number of nitrogens with two attached hydrogens (primary N) is 1. The predicted molar refractivity (Wildman–Crippen MR) is 86.0 cm³/mol. The average molecular weight is 385 g/mol. The van der Waals surface area contributed by atoms with E-state index in [0.717, 1.165) is 25.7 Å². The van der Waals surface area contributed by atoms with Gasteiger partial charge in [0.1, 0.15) is 0 Å². The summed E-state index contributed by atoms with van der Waals surface area (Å²) < 4.78 is 77.0. The van der Waals surface area contributed by atoms with Crippen LogP contribution in [0.1, 0.15) is 36.8 Å². The second kappa shape index (κ2) is 7.36. The Morgan fingerprint density at radius 2 is 1.48 bits per heavy atom. The zero-order chi connectivity index (χ0) is 18.8. The van der Waals surface area contributed by atoms with Crippen molar-refractivity contribution in [3.63, 3.8) is 0 Å². The van der Waals surface area contributed by atoms with Crippen LogP contribution in [0, 0.1) is 0 Å². The molecule has 0 aliphatic heterocycles. The van der Waals surface area contributed by atoms with Gasteiger partial charge >= 0.3 is 12.4 Å². The molecule has 2 atom stereocenters. The molecule has 1 aliphatic carbocycles. The highest BCUT2D eigenvalue weighted by molar-refractivity contribution is 7.80.